The van der Waals surface area contributed by atoms with Crippen molar-refractivity contribution in [2.45, 2.75) is 27.7 Å². The third kappa shape index (κ3) is 4.61. The minimum atomic E-state index is -0.146. The van der Waals surface area contributed by atoms with Gasteiger partial charge in [0, 0.05) is 23.0 Å². The molecule has 0 aliphatic carbocycles. The second-order valence-corrected chi connectivity index (χ2v) is 7.35. The molecule has 2 aromatic carbocycles. The largest absolute Gasteiger partial charge is 0.439 e. The Hall–Kier alpha value is -4.00. The number of benzene rings is 2. The number of amides is 1. The first-order valence-corrected chi connectivity index (χ1v) is 9.93. The molecule has 0 fully saturated rings. The Bertz CT molecular complexity index is 1250. The molecule has 1 amide bonds. The molecule has 0 aliphatic heterocycles. The summed E-state index contributed by atoms with van der Waals surface area (Å²) in [7, 11) is 0. The summed E-state index contributed by atoms with van der Waals surface area (Å²) >= 11 is 0. The average Bonchev–Trinajstić information content (AvgIpc) is 3.07. The molecule has 0 spiro atoms. The van der Waals surface area contributed by atoms with Gasteiger partial charge in [0.05, 0.1) is 5.69 Å². The Balaban J connectivity index is 1.50. The Morgan fingerprint density at radius 1 is 0.935 bits per heavy atom. The van der Waals surface area contributed by atoms with Crippen LogP contribution in [0.3, 0.4) is 0 Å². The number of nitrogens with one attached hydrogen (secondary N) is 1. The number of hydrogen-bond donors (Lipinski definition) is 1. The van der Waals surface area contributed by atoms with E-state index in [1.165, 1.54) is 0 Å². The molecule has 7 heteroatoms. The van der Waals surface area contributed by atoms with Crippen molar-refractivity contribution in [1.82, 2.24) is 19.7 Å². The highest BCUT2D eigenvalue weighted by molar-refractivity contribution is 6.05. The predicted molar refractivity (Wildman–Crippen MR) is 119 cm³/mol. The van der Waals surface area contributed by atoms with Crippen molar-refractivity contribution in [3.63, 3.8) is 0 Å². The first-order valence-electron chi connectivity index (χ1n) is 9.93. The molecule has 0 aliphatic rings. The van der Waals surface area contributed by atoms with Crippen molar-refractivity contribution in [1.29, 1.82) is 0 Å². The molecule has 2 aromatic heterocycles. The molecule has 4 rings (SSSR count). The summed E-state index contributed by atoms with van der Waals surface area (Å²) in [6.07, 6.45) is 0. The summed E-state index contributed by atoms with van der Waals surface area (Å²) in [6.45, 7) is 7.64. The summed E-state index contributed by atoms with van der Waals surface area (Å²) in [5, 5.41) is 7.38. The predicted octanol–water partition coefficient (Wildman–Crippen LogP) is 4.94. The fraction of sp³-hybridized carbons (Fsp3) is 0.167. The van der Waals surface area contributed by atoms with Crippen LogP contribution < -0.4 is 10.1 Å². The molecule has 0 saturated carbocycles. The van der Waals surface area contributed by atoms with Gasteiger partial charge in [0.15, 0.2) is 5.82 Å². The van der Waals surface area contributed by atoms with Crippen LogP contribution in [0.5, 0.6) is 11.6 Å². The number of ether oxygens (including phenoxy) is 1. The molecular weight excluding hydrogens is 390 g/mol. The van der Waals surface area contributed by atoms with E-state index in [2.05, 4.69) is 20.4 Å². The summed E-state index contributed by atoms with van der Waals surface area (Å²) < 4.78 is 7.69. The van der Waals surface area contributed by atoms with E-state index in [4.69, 9.17) is 4.74 Å². The molecule has 156 valence electrons. The molecule has 2 heterocycles. The van der Waals surface area contributed by atoms with E-state index in [1.807, 2.05) is 52.0 Å². The van der Waals surface area contributed by atoms with Crippen LogP contribution in [0.2, 0.25) is 0 Å². The topological polar surface area (TPSA) is 81.9 Å². The number of rotatable bonds is 5. The lowest BCUT2D eigenvalue weighted by Crippen LogP contribution is -2.13. The third-order valence-corrected chi connectivity index (χ3v) is 4.75. The Morgan fingerprint density at radius 2 is 1.68 bits per heavy atom. The summed E-state index contributed by atoms with van der Waals surface area (Å²) in [4.78, 5) is 21.3. The zero-order valence-electron chi connectivity index (χ0n) is 17.9. The van der Waals surface area contributed by atoms with Gasteiger partial charge in [0.1, 0.15) is 11.6 Å². The SMILES string of the molecule is Cc1cc(C)n(-c2cc(Oc3ccc(NC(=O)c4ccccc4C)cc3)nc(C)n2)n1. The van der Waals surface area contributed by atoms with E-state index in [1.54, 1.807) is 41.1 Å². The fourth-order valence-electron chi connectivity index (χ4n) is 3.30. The zero-order chi connectivity index (χ0) is 22.0. The lowest BCUT2D eigenvalue weighted by molar-refractivity contribution is 0.102. The Morgan fingerprint density at radius 3 is 2.35 bits per heavy atom. The third-order valence-electron chi connectivity index (χ3n) is 4.75. The molecule has 0 unspecified atom stereocenters. The van der Waals surface area contributed by atoms with Gasteiger partial charge in [-0.15, -0.1) is 0 Å². The van der Waals surface area contributed by atoms with Crippen molar-refractivity contribution in [3.8, 4) is 17.4 Å². The number of hydrogen-bond acceptors (Lipinski definition) is 5. The minimum Gasteiger partial charge on any atom is -0.439 e. The van der Waals surface area contributed by atoms with E-state index < -0.39 is 0 Å². The molecular formula is C24H23N5O2. The molecule has 7 nitrogen and oxygen atoms in total. The number of nitrogens with zero attached hydrogens (tertiary/aromatic N) is 4. The van der Waals surface area contributed by atoms with Gasteiger partial charge in [-0.25, -0.2) is 9.67 Å². The van der Waals surface area contributed by atoms with Crippen LogP contribution in [0, 0.1) is 27.7 Å². The Labute approximate surface area is 180 Å². The van der Waals surface area contributed by atoms with E-state index in [-0.39, 0.29) is 5.91 Å². The van der Waals surface area contributed by atoms with Crippen molar-refractivity contribution in [2.75, 3.05) is 5.32 Å². The normalized spacial score (nSPS) is 10.7. The van der Waals surface area contributed by atoms with Gasteiger partial charge in [-0.1, -0.05) is 18.2 Å². The summed E-state index contributed by atoms with van der Waals surface area (Å²) in [5.74, 6) is 2.11. The van der Waals surface area contributed by atoms with Gasteiger partial charge in [-0.2, -0.15) is 10.1 Å². The van der Waals surface area contributed by atoms with Crippen molar-refractivity contribution in [2.24, 2.45) is 0 Å². The molecule has 0 radical (unpaired) electrons. The van der Waals surface area contributed by atoms with Crippen LogP contribution in [0.15, 0.2) is 60.7 Å². The number of carbonyl (C=O) groups is 1. The Kier molecular flexibility index (Phi) is 5.49. The molecule has 0 saturated heterocycles. The molecule has 4 aromatic rings. The summed E-state index contributed by atoms with van der Waals surface area (Å²) in [6, 6.07) is 18.4. The van der Waals surface area contributed by atoms with Crippen molar-refractivity contribution in [3.05, 3.63) is 89.0 Å². The van der Waals surface area contributed by atoms with Crippen LogP contribution in [0.4, 0.5) is 5.69 Å². The van der Waals surface area contributed by atoms with Crippen LogP contribution in [-0.4, -0.2) is 25.7 Å². The number of aromatic nitrogens is 4. The maximum Gasteiger partial charge on any atom is 0.255 e. The number of carbonyl (C=O) groups excluding carboxylic acids is 1. The zero-order valence-corrected chi connectivity index (χ0v) is 17.9. The highest BCUT2D eigenvalue weighted by Crippen LogP contribution is 2.24. The van der Waals surface area contributed by atoms with Crippen LogP contribution in [0.25, 0.3) is 5.82 Å². The lowest BCUT2D eigenvalue weighted by Gasteiger charge is -2.10. The molecule has 0 bridgehead atoms. The van der Waals surface area contributed by atoms with E-state index in [0.717, 1.165) is 17.0 Å². The average molecular weight is 413 g/mol. The second-order valence-electron chi connectivity index (χ2n) is 7.35. The molecule has 31 heavy (non-hydrogen) atoms. The van der Waals surface area contributed by atoms with Gasteiger partial charge in [0.2, 0.25) is 5.88 Å². The van der Waals surface area contributed by atoms with Crippen LogP contribution in [0.1, 0.15) is 33.1 Å². The highest BCUT2D eigenvalue weighted by atomic mass is 16.5. The van der Waals surface area contributed by atoms with E-state index in [9.17, 15) is 4.79 Å². The van der Waals surface area contributed by atoms with E-state index in [0.29, 0.717) is 34.5 Å². The minimum absolute atomic E-state index is 0.146. The lowest BCUT2D eigenvalue weighted by atomic mass is 10.1. The van der Waals surface area contributed by atoms with Gasteiger partial charge in [-0.05, 0) is 69.7 Å². The monoisotopic (exact) mass is 413 g/mol. The second kappa shape index (κ2) is 8.39. The highest BCUT2D eigenvalue weighted by Gasteiger charge is 2.11. The van der Waals surface area contributed by atoms with Crippen molar-refractivity contribution >= 4 is 11.6 Å². The van der Waals surface area contributed by atoms with Gasteiger partial charge >= 0.3 is 0 Å². The molecule has 1 N–H and O–H groups in total. The standard InChI is InChI=1S/C24H23N5O2/c1-15-7-5-6-8-21(15)24(30)27-19-9-11-20(12-10-19)31-23-14-22(25-18(4)26-23)29-17(3)13-16(2)28-29/h5-14H,1-4H3,(H,27,30). The number of aryl methyl sites for hydroxylation is 4. The van der Waals surface area contributed by atoms with E-state index >= 15 is 0 Å². The molecule has 0 atom stereocenters. The van der Waals surface area contributed by atoms with Gasteiger partial charge in [0.25, 0.3) is 5.91 Å². The maximum absolute atomic E-state index is 12.5. The first-order chi connectivity index (χ1) is 14.9. The van der Waals surface area contributed by atoms with Gasteiger partial charge in [-0.3, -0.25) is 4.79 Å². The summed E-state index contributed by atoms with van der Waals surface area (Å²) in [5.41, 5.74) is 4.16. The van der Waals surface area contributed by atoms with Crippen LogP contribution >= 0.6 is 0 Å². The number of anilines is 1. The van der Waals surface area contributed by atoms with Gasteiger partial charge < -0.3 is 10.1 Å². The van der Waals surface area contributed by atoms with Crippen LogP contribution in [-0.2, 0) is 0 Å². The first kappa shape index (κ1) is 20.3. The van der Waals surface area contributed by atoms with Crippen molar-refractivity contribution < 1.29 is 9.53 Å². The maximum atomic E-state index is 12.5. The quantitative estimate of drug-likeness (QED) is 0.501. The smallest absolute Gasteiger partial charge is 0.255 e. The fourth-order valence-corrected chi connectivity index (χ4v) is 3.30.